The van der Waals surface area contributed by atoms with E-state index in [0.717, 1.165) is 6.42 Å². The van der Waals surface area contributed by atoms with Crippen LogP contribution in [0.2, 0.25) is 5.02 Å². The largest absolute Gasteiger partial charge is 0.490 e. The van der Waals surface area contributed by atoms with E-state index in [2.05, 4.69) is 0 Å². The standard InChI is InChI=1S/C12H16ClNO2S/c1-8(5-6-15-2)16-11-7-9(13)3-4-10(11)12(14)17/h3-4,7-8H,5-6H2,1-2H3,(H2,14,17). The van der Waals surface area contributed by atoms with Crippen molar-refractivity contribution in [3.05, 3.63) is 28.8 Å². The van der Waals surface area contributed by atoms with E-state index in [-0.39, 0.29) is 6.10 Å². The van der Waals surface area contributed by atoms with Crippen LogP contribution in [-0.2, 0) is 4.74 Å². The van der Waals surface area contributed by atoms with E-state index in [4.69, 9.17) is 39.0 Å². The van der Waals surface area contributed by atoms with Gasteiger partial charge in [-0.2, -0.15) is 0 Å². The van der Waals surface area contributed by atoms with Crippen LogP contribution in [0.25, 0.3) is 0 Å². The van der Waals surface area contributed by atoms with Gasteiger partial charge in [-0.3, -0.25) is 0 Å². The van der Waals surface area contributed by atoms with Gasteiger partial charge in [-0.1, -0.05) is 23.8 Å². The molecule has 94 valence electrons. The first-order chi connectivity index (χ1) is 8.04. The maximum atomic E-state index is 5.92. The minimum atomic E-state index is 0.0153. The average Bonchev–Trinajstić information content (AvgIpc) is 2.26. The van der Waals surface area contributed by atoms with Crippen LogP contribution in [0.1, 0.15) is 18.9 Å². The Hall–Kier alpha value is -0.840. The van der Waals surface area contributed by atoms with Crippen molar-refractivity contribution in [1.29, 1.82) is 0 Å². The molecule has 1 aromatic rings. The van der Waals surface area contributed by atoms with Crippen molar-refractivity contribution in [3.63, 3.8) is 0 Å². The molecule has 0 spiro atoms. The number of halogens is 1. The number of nitrogens with two attached hydrogens (primary N) is 1. The molecule has 0 aliphatic carbocycles. The number of hydrogen-bond acceptors (Lipinski definition) is 3. The van der Waals surface area contributed by atoms with Gasteiger partial charge >= 0.3 is 0 Å². The number of thiocarbonyl (C=S) groups is 1. The second kappa shape index (κ2) is 6.79. The summed E-state index contributed by atoms with van der Waals surface area (Å²) in [5.74, 6) is 0.619. The summed E-state index contributed by atoms with van der Waals surface area (Å²) in [6.45, 7) is 2.60. The Morgan fingerprint density at radius 1 is 1.53 bits per heavy atom. The highest BCUT2D eigenvalue weighted by Gasteiger charge is 2.11. The summed E-state index contributed by atoms with van der Waals surface area (Å²) in [5, 5.41) is 0.596. The third-order valence-corrected chi connectivity index (χ3v) is 2.72. The summed E-state index contributed by atoms with van der Waals surface area (Å²) in [6, 6.07) is 5.23. The van der Waals surface area contributed by atoms with Gasteiger partial charge in [0.25, 0.3) is 0 Å². The number of rotatable bonds is 6. The normalized spacial score (nSPS) is 12.2. The molecule has 0 radical (unpaired) electrons. The second-order valence-corrected chi connectivity index (χ2v) is 4.59. The second-order valence-electron chi connectivity index (χ2n) is 3.71. The molecule has 0 aliphatic rings. The van der Waals surface area contributed by atoms with Gasteiger partial charge in [0.2, 0.25) is 0 Å². The molecule has 0 fully saturated rings. The van der Waals surface area contributed by atoms with Crippen LogP contribution < -0.4 is 10.5 Å². The lowest BCUT2D eigenvalue weighted by molar-refractivity contribution is 0.135. The SMILES string of the molecule is COCCC(C)Oc1cc(Cl)ccc1C(N)=S. The first kappa shape index (κ1) is 14.2. The minimum absolute atomic E-state index is 0.0153. The first-order valence-corrected chi connectivity index (χ1v) is 6.08. The van der Waals surface area contributed by atoms with Crippen LogP contribution in [0.15, 0.2) is 18.2 Å². The summed E-state index contributed by atoms with van der Waals surface area (Å²) >= 11 is 10.9. The van der Waals surface area contributed by atoms with Crippen molar-refractivity contribution in [2.24, 2.45) is 5.73 Å². The van der Waals surface area contributed by atoms with Crippen LogP contribution >= 0.6 is 23.8 Å². The summed E-state index contributed by atoms with van der Waals surface area (Å²) in [6.07, 6.45) is 0.807. The third-order valence-electron chi connectivity index (χ3n) is 2.27. The predicted molar refractivity (Wildman–Crippen MR) is 73.9 cm³/mol. The van der Waals surface area contributed by atoms with Crippen LogP contribution in [0.3, 0.4) is 0 Å². The number of ether oxygens (including phenoxy) is 2. The number of hydrogen-bond donors (Lipinski definition) is 1. The summed E-state index contributed by atoms with van der Waals surface area (Å²) < 4.78 is 10.8. The Bertz CT molecular complexity index is 398. The fourth-order valence-corrected chi connectivity index (χ4v) is 1.69. The number of methoxy groups -OCH3 is 1. The van der Waals surface area contributed by atoms with Gasteiger partial charge in [0.1, 0.15) is 10.7 Å². The van der Waals surface area contributed by atoms with Crippen molar-refractivity contribution >= 4 is 28.8 Å². The Balaban J connectivity index is 2.81. The van der Waals surface area contributed by atoms with E-state index >= 15 is 0 Å². The molecule has 1 aromatic carbocycles. The molecule has 0 aromatic heterocycles. The molecule has 1 unspecified atom stereocenters. The molecule has 0 aliphatic heterocycles. The molecule has 2 N–H and O–H groups in total. The van der Waals surface area contributed by atoms with E-state index in [1.54, 1.807) is 25.3 Å². The molecular formula is C12H16ClNO2S. The molecule has 1 rings (SSSR count). The maximum absolute atomic E-state index is 5.92. The van der Waals surface area contributed by atoms with Crippen molar-refractivity contribution in [1.82, 2.24) is 0 Å². The summed E-state index contributed by atoms with van der Waals surface area (Å²) in [7, 11) is 1.66. The highest BCUT2D eigenvalue weighted by Crippen LogP contribution is 2.24. The smallest absolute Gasteiger partial charge is 0.131 e. The van der Waals surface area contributed by atoms with Crippen LogP contribution in [0, 0.1) is 0 Å². The Morgan fingerprint density at radius 3 is 2.82 bits per heavy atom. The molecular weight excluding hydrogens is 258 g/mol. The van der Waals surface area contributed by atoms with E-state index in [0.29, 0.717) is 27.9 Å². The van der Waals surface area contributed by atoms with Crippen LogP contribution in [-0.4, -0.2) is 24.8 Å². The Kier molecular flexibility index (Phi) is 5.68. The molecule has 0 saturated carbocycles. The minimum Gasteiger partial charge on any atom is -0.490 e. The van der Waals surface area contributed by atoms with E-state index < -0.39 is 0 Å². The van der Waals surface area contributed by atoms with E-state index in [1.807, 2.05) is 6.92 Å². The van der Waals surface area contributed by atoms with E-state index in [1.165, 1.54) is 0 Å². The van der Waals surface area contributed by atoms with Gasteiger partial charge in [0.05, 0.1) is 11.7 Å². The fraction of sp³-hybridized carbons (Fsp3) is 0.417. The molecule has 3 nitrogen and oxygen atoms in total. The third kappa shape index (κ3) is 4.50. The zero-order valence-corrected chi connectivity index (χ0v) is 11.5. The maximum Gasteiger partial charge on any atom is 0.131 e. The first-order valence-electron chi connectivity index (χ1n) is 5.29. The quantitative estimate of drug-likeness (QED) is 0.810. The van der Waals surface area contributed by atoms with Gasteiger partial charge in [0.15, 0.2) is 0 Å². The molecule has 1 atom stereocenters. The highest BCUT2D eigenvalue weighted by molar-refractivity contribution is 7.80. The van der Waals surface area contributed by atoms with Gasteiger partial charge in [0, 0.05) is 25.2 Å². The molecule has 0 bridgehead atoms. The van der Waals surface area contributed by atoms with E-state index in [9.17, 15) is 0 Å². The zero-order chi connectivity index (χ0) is 12.8. The van der Waals surface area contributed by atoms with Crippen molar-refractivity contribution in [2.45, 2.75) is 19.4 Å². The zero-order valence-electron chi connectivity index (χ0n) is 9.90. The molecule has 0 amide bonds. The number of benzene rings is 1. The topological polar surface area (TPSA) is 44.5 Å². The lowest BCUT2D eigenvalue weighted by Crippen LogP contribution is -2.18. The molecule has 5 heteroatoms. The fourth-order valence-electron chi connectivity index (χ4n) is 1.36. The van der Waals surface area contributed by atoms with Crippen molar-refractivity contribution in [2.75, 3.05) is 13.7 Å². The lowest BCUT2D eigenvalue weighted by atomic mass is 10.2. The van der Waals surface area contributed by atoms with Crippen LogP contribution in [0.5, 0.6) is 5.75 Å². The van der Waals surface area contributed by atoms with Gasteiger partial charge in [-0.15, -0.1) is 0 Å². The van der Waals surface area contributed by atoms with Crippen molar-refractivity contribution < 1.29 is 9.47 Å². The monoisotopic (exact) mass is 273 g/mol. The average molecular weight is 274 g/mol. The molecule has 0 saturated heterocycles. The van der Waals surface area contributed by atoms with Crippen LogP contribution in [0.4, 0.5) is 0 Å². The highest BCUT2D eigenvalue weighted by atomic mass is 35.5. The summed E-state index contributed by atoms with van der Waals surface area (Å²) in [5.41, 5.74) is 6.33. The van der Waals surface area contributed by atoms with Gasteiger partial charge in [-0.05, 0) is 25.1 Å². The Morgan fingerprint density at radius 2 is 2.24 bits per heavy atom. The predicted octanol–water partition coefficient (Wildman–Crippen LogP) is 2.78. The Labute approximate surface area is 112 Å². The summed E-state index contributed by atoms with van der Waals surface area (Å²) in [4.78, 5) is 0.301. The van der Waals surface area contributed by atoms with Crippen molar-refractivity contribution in [3.8, 4) is 5.75 Å². The molecule has 17 heavy (non-hydrogen) atoms. The lowest BCUT2D eigenvalue weighted by Gasteiger charge is -2.17. The van der Waals surface area contributed by atoms with Gasteiger partial charge < -0.3 is 15.2 Å². The van der Waals surface area contributed by atoms with Gasteiger partial charge in [-0.25, -0.2) is 0 Å². The molecule has 0 heterocycles.